The third-order valence-corrected chi connectivity index (χ3v) is 3.95. The molecule has 0 amide bonds. The second kappa shape index (κ2) is 5.67. The van der Waals surface area contributed by atoms with Gasteiger partial charge in [-0.25, -0.2) is 4.98 Å². The van der Waals surface area contributed by atoms with Crippen LogP contribution in [0, 0.1) is 6.92 Å². The van der Waals surface area contributed by atoms with Crippen LogP contribution in [-0.2, 0) is 6.54 Å². The number of aryl methyl sites for hydroxylation is 1. The SMILES string of the molecule is Cc1ccnc(N(C)C2CCCN(C)C2)c1CN. The first kappa shape index (κ1) is 13.3. The Morgan fingerprint density at radius 2 is 2.33 bits per heavy atom. The number of hydrogen-bond donors (Lipinski definition) is 1. The van der Waals surface area contributed by atoms with Gasteiger partial charge in [0.15, 0.2) is 0 Å². The molecule has 1 unspecified atom stereocenters. The van der Waals surface area contributed by atoms with Gasteiger partial charge in [-0.3, -0.25) is 0 Å². The lowest BCUT2D eigenvalue weighted by Gasteiger charge is -2.37. The van der Waals surface area contributed by atoms with Crippen LogP contribution in [0.4, 0.5) is 5.82 Å². The molecule has 0 aromatic carbocycles. The Hall–Kier alpha value is -1.13. The van der Waals surface area contributed by atoms with Crippen molar-refractivity contribution >= 4 is 5.82 Å². The first-order valence-corrected chi connectivity index (χ1v) is 6.69. The van der Waals surface area contributed by atoms with Gasteiger partial charge in [0, 0.05) is 37.9 Å². The first-order chi connectivity index (χ1) is 8.63. The van der Waals surface area contributed by atoms with Crippen LogP contribution in [0.1, 0.15) is 24.0 Å². The van der Waals surface area contributed by atoms with Crippen molar-refractivity contribution in [2.75, 3.05) is 32.1 Å². The summed E-state index contributed by atoms with van der Waals surface area (Å²) in [7, 11) is 4.33. The third-order valence-electron chi connectivity index (χ3n) is 3.95. The van der Waals surface area contributed by atoms with E-state index in [9.17, 15) is 0 Å². The number of anilines is 1. The van der Waals surface area contributed by atoms with E-state index in [0.29, 0.717) is 12.6 Å². The van der Waals surface area contributed by atoms with Crippen molar-refractivity contribution in [3.63, 3.8) is 0 Å². The van der Waals surface area contributed by atoms with E-state index in [2.05, 4.69) is 35.8 Å². The normalized spacial score (nSPS) is 21.0. The third kappa shape index (κ3) is 2.65. The topological polar surface area (TPSA) is 45.4 Å². The van der Waals surface area contributed by atoms with E-state index in [0.717, 1.165) is 12.4 Å². The minimum absolute atomic E-state index is 0.545. The molecule has 0 bridgehead atoms. The number of pyridine rings is 1. The lowest BCUT2D eigenvalue weighted by atomic mass is 10.0. The molecule has 1 aromatic rings. The average Bonchev–Trinajstić information content (AvgIpc) is 2.37. The first-order valence-electron chi connectivity index (χ1n) is 6.69. The predicted molar refractivity (Wildman–Crippen MR) is 75.8 cm³/mol. The lowest BCUT2D eigenvalue weighted by molar-refractivity contribution is 0.247. The zero-order chi connectivity index (χ0) is 13.1. The van der Waals surface area contributed by atoms with Crippen molar-refractivity contribution in [1.29, 1.82) is 0 Å². The highest BCUT2D eigenvalue weighted by molar-refractivity contribution is 5.50. The van der Waals surface area contributed by atoms with Crippen LogP contribution in [0.5, 0.6) is 0 Å². The van der Waals surface area contributed by atoms with Gasteiger partial charge in [-0.2, -0.15) is 0 Å². The molecule has 2 heterocycles. The van der Waals surface area contributed by atoms with Gasteiger partial charge in [0.1, 0.15) is 5.82 Å². The Kier molecular flexibility index (Phi) is 4.19. The van der Waals surface area contributed by atoms with Crippen LogP contribution in [0.3, 0.4) is 0 Å². The molecule has 4 nitrogen and oxygen atoms in total. The summed E-state index contributed by atoms with van der Waals surface area (Å²) in [5.74, 6) is 1.05. The number of likely N-dealkylation sites (N-methyl/N-ethyl adjacent to an activating group) is 2. The van der Waals surface area contributed by atoms with Gasteiger partial charge >= 0.3 is 0 Å². The highest BCUT2D eigenvalue weighted by atomic mass is 15.2. The van der Waals surface area contributed by atoms with Crippen molar-refractivity contribution in [2.24, 2.45) is 5.73 Å². The second-order valence-electron chi connectivity index (χ2n) is 5.30. The highest BCUT2D eigenvalue weighted by Crippen LogP contribution is 2.24. The molecule has 4 heteroatoms. The summed E-state index contributed by atoms with van der Waals surface area (Å²) >= 11 is 0. The Labute approximate surface area is 110 Å². The van der Waals surface area contributed by atoms with Gasteiger partial charge in [0.2, 0.25) is 0 Å². The van der Waals surface area contributed by atoms with Gasteiger partial charge in [-0.05, 0) is 45.0 Å². The van der Waals surface area contributed by atoms with Crippen molar-refractivity contribution < 1.29 is 0 Å². The maximum absolute atomic E-state index is 5.87. The Balaban J connectivity index is 2.22. The van der Waals surface area contributed by atoms with Gasteiger partial charge in [0.25, 0.3) is 0 Å². The Morgan fingerprint density at radius 3 is 3.00 bits per heavy atom. The fourth-order valence-electron chi connectivity index (χ4n) is 2.76. The van der Waals surface area contributed by atoms with E-state index >= 15 is 0 Å². The lowest BCUT2D eigenvalue weighted by Crippen LogP contribution is -2.45. The fourth-order valence-corrected chi connectivity index (χ4v) is 2.76. The van der Waals surface area contributed by atoms with Gasteiger partial charge < -0.3 is 15.5 Å². The molecule has 2 rings (SSSR count). The van der Waals surface area contributed by atoms with E-state index in [1.54, 1.807) is 0 Å². The molecule has 0 radical (unpaired) electrons. The molecule has 18 heavy (non-hydrogen) atoms. The molecule has 0 saturated carbocycles. The Morgan fingerprint density at radius 1 is 1.56 bits per heavy atom. The summed E-state index contributed by atoms with van der Waals surface area (Å²) in [5.41, 5.74) is 8.28. The van der Waals surface area contributed by atoms with Gasteiger partial charge in [-0.15, -0.1) is 0 Å². The molecule has 1 fully saturated rings. The smallest absolute Gasteiger partial charge is 0.133 e. The molecule has 100 valence electrons. The molecule has 2 N–H and O–H groups in total. The van der Waals surface area contributed by atoms with Crippen LogP contribution in [0.25, 0.3) is 0 Å². The van der Waals surface area contributed by atoms with E-state index < -0.39 is 0 Å². The van der Waals surface area contributed by atoms with Gasteiger partial charge in [-0.1, -0.05) is 0 Å². The van der Waals surface area contributed by atoms with E-state index in [1.165, 1.54) is 30.5 Å². The maximum atomic E-state index is 5.87. The number of aromatic nitrogens is 1. The van der Waals surface area contributed by atoms with Crippen LogP contribution >= 0.6 is 0 Å². The molecular weight excluding hydrogens is 224 g/mol. The summed E-state index contributed by atoms with van der Waals surface area (Å²) in [6, 6.07) is 2.58. The summed E-state index contributed by atoms with van der Waals surface area (Å²) < 4.78 is 0. The quantitative estimate of drug-likeness (QED) is 0.878. The fraction of sp³-hybridized carbons (Fsp3) is 0.643. The zero-order valence-corrected chi connectivity index (χ0v) is 11.7. The number of rotatable bonds is 3. The summed E-state index contributed by atoms with van der Waals surface area (Å²) in [6.07, 6.45) is 4.38. The van der Waals surface area contributed by atoms with E-state index in [1.807, 2.05) is 12.3 Å². The highest BCUT2D eigenvalue weighted by Gasteiger charge is 2.23. The largest absolute Gasteiger partial charge is 0.355 e. The van der Waals surface area contributed by atoms with Crippen molar-refractivity contribution in [2.45, 2.75) is 32.4 Å². The van der Waals surface area contributed by atoms with Crippen LogP contribution in [0.15, 0.2) is 12.3 Å². The molecule has 0 aliphatic carbocycles. The van der Waals surface area contributed by atoms with Gasteiger partial charge in [0.05, 0.1) is 0 Å². The van der Waals surface area contributed by atoms with Crippen LogP contribution < -0.4 is 10.6 Å². The number of likely N-dealkylation sites (tertiary alicyclic amines) is 1. The monoisotopic (exact) mass is 248 g/mol. The predicted octanol–water partition coefficient (Wildman–Crippen LogP) is 1.38. The Bertz CT molecular complexity index is 405. The number of piperidine rings is 1. The molecule has 1 aliphatic rings. The molecule has 1 aliphatic heterocycles. The number of nitrogens with zero attached hydrogens (tertiary/aromatic N) is 3. The number of nitrogens with two attached hydrogens (primary N) is 1. The zero-order valence-electron chi connectivity index (χ0n) is 11.7. The standard InChI is InChI=1S/C14H24N4/c1-11-6-7-16-14(13(11)9-15)18(3)12-5-4-8-17(2)10-12/h6-7,12H,4-5,8-10,15H2,1-3H3. The maximum Gasteiger partial charge on any atom is 0.133 e. The summed E-state index contributed by atoms with van der Waals surface area (Å²) in [4.78, 5) is 9.24. The average molecular weight is 248 g/mol. The molecule has 0 spiro atoms. The summed E-state index contributed by atoms with van der Waals surface area (Å²) in [5, 5.41) is 0. The van der Waals surface area contributed by atoms with Crippen molar-refractivity contribution in [3.05, 3.63) is 23.4 Å². The minimum Gasteiger partial charge on any atom is -0.355 e. The molecular formula is C14H24N4. The van der Waals surface area contributed by atoms with E-state index in [-0.39, 0.29) is 0 Å². The van der Waals surface area contributed by atoms with Crippen molar-refractivity contribution in [1.82, 2.24) is 9.88 Å². The van der Waals surface area contributed by atoms with Crippen LogP contribution in [0.2, 0.25) is 0 Å². The number of hydrogen-bond acceptors (Lipinski definition) is 4. The van der Waals surface area contributed by atoms with Crippen molar-refractivity contribution in [3.8, 4) is 0 Å². The molecule has 1 aromatic heterocycles. The second-order valence-corrected chi connectivity index (χ2v) is 5.30. The van der Waals surface area contributed by atoms with E-state index in [4.69, 9.17) is 5.73 Å². The van der Waals surface area contributed by atoms with Crippen LogP contribution in [-0.4, -0.2) is 43.1 Å². The summed E-state index contributed by atoms with van der Waals surface area (Å²) in [6.45, 7) is 4.97. The molecule has 1 atom stereocenters. The minimum atomic E-state index is 0.545. The molecule has 1 saturated heterocycles.